The van der Waals surface area contributed by atoms with Gasteiger partial charge in [0.15, 0.2) is 0 Å². The van der Waals surface area contributed by atoms with E-state index in [9.17, 15) is 0 Å². The maximum atomic E-state index is 4.30. The number of nitrogens with one attached hydrogen (secondary N) is 1. The lowest BCUT2D eigenvalue weighted by atomic mass is 9.88. The van der Waals surface area contributed by atoms with Gasteiger partial charge in [-0.3, -0.25) is 0 Å². The van der Waals surface area contributed by atoms with Crippen molar-refractivity contribution in [2.45, 2.75) is 39.2 Å². The fourth-order valence-corrected chi connectivity index (χ4v) is 2.26. The van der Waals surface area contributed by atoms with Gasteiger partial charge in [0.25, 0.3) is 0 Å². The van der Waals surface area contributed by atoms with Crippen molar-refractivity contribution >= 4 is 0 Å². The highest BCUT2D eigenvalue weighted by atomic mass is 15.3. The molecule has 4 heteroatoms. The zero-order chi connectivity index (χ0) is 10.9. The largest absolute Gasteiger partial charge is 0.317 e. The fourth-order valence-electron chi connectivity index (χ4n) is 2.26. The standard InChI is InChI=1S/C11H20N4/c1-9(2)6-15-8-13-14-10(15)11(3)4-5-12-7-11/h8-9,12H,4-7H2,1-3H3. The van der Waals surface area contributed by atoms with Gasteiger partial charge in [0.1, 0.15) is 12.2 Å². The Morgan fingerprint density at radius 2 is 2.40 bits per heavy atom. The minimum absolute atomic E-state index is 0.172. The molecule has 0 amide bonds. The van der Waals surface area contributed by atoms with E-state index < -0.39 is 0 Å². The van der Waals surface area contributed by atoms with Crippen LogP contribution in [0.15, 0.2) is 6.33 Å². The highest BCUT2D eigenvalue weighted by Crippen LogP contribution is 2.28. The molecule has 1 N–H and O–H groups in total. The molecule has 0 bridgehead atoms. The molecular formula is C11H20N4. The molecule has 84 valence electrons. The van der Waals surface area contributed by atoms with Crippen LogP contribution in [0.25, 0.3) is 0 Å². The molecule has 0 aliphatic carbocycles. The van der Waals surface area contributed by atoms with E-state index >= 15 is 0 Å². The SMILES string of the molecule is CC(C)Cn1cnnc1C1(C)CCNC1. The molecule has 1 saturated heterocycles. The first-order valence-electron chi connectivity index (χ1n) is 5.71. The third-order valence-corrected chi connectivity index (χ3v) is 3.09. The van der Waals surface area contributed by atoms with E-state index in [1.807, 2.05) is 6.33 Å². The Labute approximate surface area is 91.1 Å². The van der Waals surface area contributed by atoms with Gasteiger partial charge in [0, 0.05) is 18.5 Å². The van der Waals surface area contributed by atoms with Crippen molar-refractivity contribution < 1.29 is 0 Å². The zero-order valence-corrected chi connectivity index (χ0v) is 9.82. The maximum absolute atomic E-state index is 4.30. The first kappa shape index (κ1) is 10.6. The van der Waals surface area contributed by atoms with Gasteiger partial charge in [-0.15, -0.1) is 10.2 Å². The smallest absolute Gasteiger partial charge is 0.140 e. The van der Waals surface area contributed by atoms with E-state index in [-0.39, 0.29) is 5.41 Å². The van der Waals surface area contributed by atoms with Crippen LogP contribution in [0, 0.1) is 5.92 Å². The number of hydrogen-bond acceptors (Lipinski definition) is 3. The molecule has 1 fully saturated rings. The first-order chi connectivity index (χ1) is 7.12. The third-order valence-electron chi connectivity index (χ3n) is 3.09. The molecule has 2 heterocycles. The van der Waals surface area contributed by atoms with Crippen molar-refractivity contribution in [2.75, 3.05) is 13.1 Å². The number of nitrogens with zero attached hydrogens (tertiary/aromatic N) is 3. The Balaban J connectivity index is 2.23. The molecule has 1 aliphatic heterocycles. The van der Waals surface area contributed by atoms with Crippen LogP contribution in [-0.4, -0.2) is 27.9 Å². The molecular weight excluding hydrogens is 188 g/mol. The summed E-state index contributed by atoms with van der Waals surface area (Å²) in [4.78, 5) is 0. The highest BCUT2D eigenvalue weighted by molar-refractivity contribution is 5.10. The van der Waals surface area contributed by atoms with Crippen molar-refractivity contribution in [1.82, 2.24) is 20.1 Å². The molecule has 0 spiro atoms. The lowest BCUT2D eigenvalue weighted by molar-refractivity contribution is 0.426. The summed E-state index contributed by atoms with van der Waals surface area (Å²) in [5.74, 6) is 1.78. The molecule has 1 aliphatic rings. The number of hydrogen-bond donors (Lipinski definition) is 1. The van der Waals surface area contributed by atoms with E-state index in [0.29, 0.717) is 5.92 Å². The first-order valence-corrected chi connectivity index (χ1v) is 5.71. The second-order valence-electron chi connectivity index (χ2n) is 5.19. The summed E-state index contributed by atoms with van der Waals surface area (Å²) in [6, 6.07) is 0. The monoisotopic (exact) mass is 208 g/mol. The van der Waals surface area contributed by atoms with Gasteiger partial charge >= 0.3 is 0 Å². The predicted molar refractivity (Wildman–Crippen MR) is 59.7 cm³/mol. The topological polar surface area (TPSA) is 42.7 Å². The van der Waals surface area contributed by atoms with E-state index in [1.165, 1.54) is 0 Å². The summed E-state index contributed by atoms with van der Waals surface area (Å²) in [5, 5.41) is 11.7. The van der Waals surface area contributed by atoms with Crippen molar-refractivity contribution in [3.05, 3.63) is 12.2 Å². The minimum atomic E-state index is 0.172. The average molecular weight is 208 g/mol. The Bertz CT molecular complexity index is 323. The molecule has 0 radical (unpaired) electrons. The maximum Gasteiger partial charge on any atom is 0.140 e. The second kappa shape index (κ2) is 3.93. The Morgan fingerprint density at radius 1 is 1.60 bits per heavy atom. The van der Waals surface area contributed by atoms with Crippen LogP contribution in [0.4, 0.5) is 0 Å². The normalized spacial score (nSPS) is 26.4. The minimum Gasteiger partial charge on any atom is -0.317 e. The predicted octanol–water partition coefficient (Wildman–Crippen LogP) is 1.19. The van der Waals surface area contributed by atoms with E-state index in [1.54, 1.807) is 0 Å². The summed E-state index contributed by atoms with van der Waals surface area (Å²) in [6.45, 7) is 9.83. The molecule has 0 aromatic carbocycles. The van der Waals surface area contributed by atoms with Crippen LogP contribution in [0.1, 0.15) is 33.0 Å². The van der Waals surface area contributed by atoms with Crippen LogP contribution >= 0.6 is 0 Å². The molecule has 1 atom stereocenters. The van der Waals surface area contributed by atoms with Gasteiger partial charge in [0.05, 0.1) is 0 Å². The van der Waals surface area contributed by atoms with Crippen LogP contribution in [0.2, 0.25) is 0 Å². The fraction of sp³-hybridized carbons (Fsp3) is 0.818. The van der Waals surface area contributed by atoms with Crippen LogP contribution in [0.5, 0.6) is 0 Å². The highest BCUT2D eigenvalue weighted by Gasteiger charge is 2.35. The molecule has 1 unspecified atom stereocenters. The van der Waals surface area contributed by atoms with Crippen molar-refractivity contribution in [1.29, 1.82) is 0 Å². The van der Waals surface area contributed by atoms with Gasteiger partial charge in [-0.2, -0.15) is 0 Å². The molecule has 4 nitrogen and oxygen atoms in total. The van der Waals surface area contributed by atoms with Gasteiger partial charge in [-0.25, -0.2) is 0 Å². The number of rotatable bonds is 3. The van der Waals surface area contributed by atoms with Crippen molar-refractivity contribution in [2.24, 2.45) is 5.92 Å². The summed E-state index contributed by atoms with van der Waals surface area (Å²) < 4.78 is 2.21. The lowest BCUT2D eigenvalue weighted by Crippen LogP contribution is -2.29. The van der Waals surface area contributed by atoms with E-state index in [2.05, 4.69) is 40.9 Å². The summed E-state index contributed by atoms with van der Waals surface area (Å²) in [5.41, 5.74) is 0.172. The zero-order valence-electron chi connectivity index (χ0n) is 9.82. The van der Waals surface area contributed by atoms with Gasteiger partial charge in [0.2, 0.25) is 0 Å². The average Bonchev–Trinajstić information content (AvgIpc) is 2.73. The van der Waals surface area contributed by atoms with Crippen molar-refractivity contribution in [3.8, 4) is 0 Å². The lowest BCUT2D eigenvalue weighted by Gasteiger charge is -2.22. The Morgan fingerprint density at radius 3 is 3.00 bits per heavy atom. The quantitative estimate of drug-likeness (QED) is 0.811. The van der Waals surface area contributed by atoms with Crippen molar-refractivity contribution in [3.63, 3.8) is 0 Å². The molecule has 0 saturated carbocycles. The van der Waals surface area contributed by atoms with Crippen LogP contribution in [0.3, 0.4) is 0 Å². The van der Waals surface area contributed by atoms with Crippen LogP contribution in [-0.2, 0) is 12.0 Å². The molecule has 15 heavy (non-hydrogen) atoms. The summed E-state index contributed by atoms with van der Waals surface area (Å²) in [6.07, 6.45) is 3.02. The summed E-state index contributed by atoms with van der Waals surface area (Å²) in [7, 11) is 0. The van der Waals surface area contributed by atoms with Gasteiger partial charge in [-0.05, 0) is 18.9 Å². The molecule has 1 aromatic heterocycles. The summed E-state index contributed by atoms with van der Waals surface area (Å²) >= 11 is 0. The molecule has 2 rings (SSSR count). The number of aromatic nitrogens is 3. The second-order valence-corrected chi connectivity index (χ2v) is 5.19. The van der Waals surface area contributed by atoms with E-state index in [0.717, 1.165) is 31.9 Å². The Hall–Kier alpha value is -0.900. The third kappa shape index (κ3) is 2.04. The van der Waals surface area contributed by atoms with Gasteiger partial charge in [-0.1, -0.05) is 20.8 Å². The van der Waals surface area contributed by atoms with Gasteiger partial charge < -0.3 is 9.88 Å². The Kier molecular flexibility index (Phi) is 2.78. The van der Waals surface area contributed by atoms with Crippen LogP contribution < -0.4 is 5.32 Å². The molecule has 1 aromatic rings. The van der Waals surface area contributed by atoms with E-state index in [4.69, 9.17) is 0 Å².